The van der Waals surface area contributed by atoms with Crippen LogP contribution in [-0.4, -0.2) is 17.5 Å². The Bertz CT molecular complexity index is 478. The second-order valence-electron chi connectivity index (χ2n) is 4.65. The van der Waals surface area contributed by atoms with Crippen LogP contribution in [0, 0.1) is 16.0 Å². The molecule has 0 aliphatic heterocycles. The summed E-state index contributed by atoms with van der Waals surface area (Å²) in [5.41, 5.74) is 5.14. The number of rotatable bonds is 6. The molecule has 1 fully saturated rings. The molecule has 0 bridgehead atoms. The lowest BCUT2D eigenvalue weighted by atomic mass is 10.1. The molecule has 1 aromatic carbocycles. The predicted molar refractivity (Wildman–Crippen MR) is 67.2 cm³/mol. The zero-order chi connectivity index (χ0) is 14.0. The van der Waals surface area contributed by atoms with Gasteiger partial charge in [0.1, 0.15) is 0 Å². The molecule has 0 aromatic heterocycles. The summed E-state index contributed by atoms with van der Waals surface area (Å²) in [6.45, 7) is 0.352. The van der Waals surface area contributed by atoms with E-state index in [1.54, 1.807) is 0 Å². The van der Waals surface area contributed by atoms with Crippen LogP contribution in [0.3, 0.4) is 0 Å². The van der Waals surface area contributed by atoms with E-state index in [0.717, 1.165) is 18.9 Å². The number of nitro groups is 1. The van der Waals surface area contributed by atoms with Crippen molar-refractivity contribution in [3.63, 3.8) is 0 Å². The molecule has 1 aliphatic carbocycles. The van der Waals surface area contributed by atoms with E-state index in [1.807, 2.05) is 0 Å². The molecule has 0 spiro atoms. The SMILES string of the molecule is NCC(Nc1ccc([N+](=O)[O-])cc1C(F)F)C1CC1. The van der Waals surface area contributed by atoms with Crippen LogP contribution in [0.2, 0.25) is 0 Å². The van der Waals surface area contributed by atoms with E-state index in [4.69, 9.17) is 5.73 Å². The summed E-state index contributed by atoms with van der Waals surface area (Å²) in [4.78, 5) is 9.92. The van der Waals surface area contributed by atoms with Gasteiger partial charge in [0.15, 0.2) is 0 Å². The molecule has 1 aromatic rings. The molecule has 0 amide bonds. The number of anilines is 1. The summed E-state index contributed by atoms with van der Waals surface area (Å²) in [5.74, 6) is 0.408. The van der Waals surface area contributed by atoms with Crippen molar-refractivity contribution in [1.29, 1.82) is 0 Å². The summed E-state index contributed by atoms with van der Waals surface area (Å²) in [6, 6.07) is 3.39. The standard InChI is InChI=1S/C12H15F2N3O2/c13-12(14)9-5-8(17(18)19)3-4-10(9)16-11(6-15)7-1-2-7/h3-5,7,11-12,16H,1-2,6,15H2. The molecule has 1 unspecified atom stereocenters. The van der Waals surface area contributed by atoms with Gasteiger partial charge in [-0.1, -0.05) is 0 Å². The highest BCUT2D eigenvalue weighted by atomic mass is 19.3. The first-order chi connectivity index (χ1) is 9.02. The molecule has 5 nitrogen and oxygen atoms in total. The molecule has 7 heteroatoms. The fourth-order valence-corrected chi connectivity index (χ4v) is 2.04. The minimum atomic E-state index is -2.76. The first-order valence-electron chi connectivity index (χ1n) is 6.06. The summed E-state index contributed by atoms with van der Waals surface area (Å²) < 4.78 is 25.9. The number of non-ortho nitro benzene ring substituents is 1. The van der Waals surface area contributed by atoms with Crippen molar-refractivity contribution in [2.75, 3.05) is 11.9 Å². The van der Waals surface area contributed by atoms with Gasteiger partial charge in [-0.25, -0.2) is 8.78 Å². The van der Waals surface area contributed by atoms with Gasteiger partial charge in [0.2, 0.25) is 0 Å². The largest absolute Gasteiger partial charge is 0.380 e. The minimum absolute atomic E-state index is 0.0565. The average Bonchev–Trinajstić information content (AvgIpc) is 3.19. The number of nitrogens with two attached hydrogens (primary N) is 1. The Morgan fingerprint density at radius 2 is 2.16 bits per heavy atom. The highest BCUT2D eigenvalue weighted by Crippen LogP contribution is 2.36. The molecule has 104 valence electrons. The predicted octanol–water partition coefficient (Wildman–Crippen LogP) is 2.68. The van der Waals surface area contributed by atoms with Gasteiger partial charge in [-0.05, 0) is 24.8 Å². The molecule has 1 aliphatic rings. The van der Waals surface area contributed by atoms with Crippen molar-refractivity contribution in [3.05, 3.63) is 33.9 Å². The van der Waals surface area contributed by atoms with Gasteiger partial charge < -0.3 is 11.1 Å². The lowest BCUT2D eigenvalue weighted by Gasteiger charge is -2.19. The van der Waals surface area contributed by atoms with E-state index in [9.17, 15) is 18.9 Å². The van der Waals surface area contributed by atoms with E-state index >= 15 is 0 Å². The Balaban J connectivity index is 2.25. The smallest absolute Gasteiger partial charge is 0.270 e. The molecular weight excluding hydrogens is 256 g/mol. The van der Waals surface area contributed by atoms with E-state index in [-0.39, 0.29) is 23.0 Å². The molecule has 1 saturated carbocycles. The number of hydrogen-bond acceptors (Lipinski definition) is 4. The van der Waals surface area contributed by atoms with Gasteiger partial charge in [-0.3, -0.25) is 10.1 Å². The number of nitrogens with one attached hydrogen (secondary N) is 1. The van der Waals surface area contributed by atoms with Crippen molar-refractivity contribution >= 4 is 11.4 Å². The fourth-order valence-electron chi connectivity index (χ4n) is 2.04. The quantitative estimate of drug-likeness (QED) is 0.615. The van der Waals surface area contributed by atoms with Crippen LogP contribution in [0.15, 0.2) is 18.2 Å². The maximum atomic E-state index is 12.9. The molecular formula is C12H15F2N3O2. The summed E-state index contributed by atoms with van der Waals surface area (Å²) in [6.07, 6.45) is -0.697. The number of halogens is 2. The summed E-state index contributed by atoms with van der Waals surface area (Å²) in [7, 11) is 0. The maximum absolute atomic E-state index is 12.9. The summed E-state index contributed by atoms with van der Waals surface area (Å²) in [5, 5.41) is 13.6. The topological polar surface area (TPSA) is 81.2 Å². The van der Waals surface area contributed by atoms with Crippen molar-refractivity contribution in [1.82, 2.24) is 0 Å². The van der Waals surface area contributed by atoms with E-state index < -0.39 is 11.3 Å². The van der Waals surface area contributed by atoms with Crippen LogP contribution in [0.25, 0.3) is 0 Å². The third-order valence-electron chi connectivity index (χ3n) is 3.27. The normalized spacial score (nSPS) is 16.4. The van der Waals surface area contributed by atoms with Gasteiger partial charge >= 0.3 is 0 Å². The zero-order valence-corrected chi connectivity index (χ0v) is 10.2. The highest BCUT2D eigenvalue weighted by molar-refractivity contribution is 5.57. The van der Waals surface area contributed by atoms with E-state index in [1.165, 1.54) is 12.1 Å². The van der Waals surface area contributed by atoms with Crippen LogP contribution < -0.4 is 11.1 Å². The molecule has 0 saturated heterocycles. The second-order valence-corrected chi connectivity index (χ2v) is 4.65. The van der Waals surface area contributed by atoms with Gasteiger partial charge in [0.25, 0.3) is 12.1 Å². The first kappa shape index (κ1) is 13.7. The third-order valence-corrected chi connectivity index (χ3v) is 3.27. The average molecular weight is 271 g/mol. The van der Waals surface area contributed by atoms with Crippen molar-refractivity contribution < 1.29 is 13.7 Å². The lowest BCUT2D eigenvalue weighted by molar-refractivity contribution is -0.385. The Morgan fingerprint density at radius 3 is 2.63 bits per heavy atom. The molecule has 1 atom stereocenters. The van der Waals surface area contributed by atoms with Gasteiger partial charge in [0, 0.05) is 36.0 Å². The minimum Gasteiger partial charge on any atom is -0.380 e. The Morgan fingerprint density at radius 1 is 1.47 bits per heavy atom. The van der Waals surface area contributed by atoms with E-state index in [0.29, 0.717) is 12.5 Å². The van der Waals surface area contributed by atoms with Crippen molar-refractivity contribution in [2.45, 2.75) is 25.3 Å². The Hall–Kier alpha value is -1.76. The van der Waals surface area contributed by atoms with Gasteiger partial charge in [-0.2, -0.15) is 0 Å². The number of nitrogens with zero attached hydrogens (tertiary/aromatic N) is 1. The number of nitro benzene ring substituents is 1. The van der Waals surface area contributed by atoms with Crippen LogP contribution in [0.1, 0.15) is 24.8 Å². The monoisotopic (exact) mass is 271 g/mol. The highest BCUT2D eigenvalue weighted by Gasteiger charge is 2.31. The van der Waals surface area contributed by atoms with Crippen LogP contribution in [-0.2, 0) is 0 Å². The molecule has 3 N–H and O–H groups in total. The fraction of sp³-hybridized carbons (Fsp3) is 0.500. The van der Waals surface area contributed by atoms with Crippen LogP contribution in [0.5, 0.6) is 0 Å². The molecule has 0 radical (unpaired) electrons. The Labute approximate surface area is 108 Å². The van der Waals surface area contributed by atoms with Gasteiger partial charge in [0.05, 0.1) is 4.92 Å². The number of alkyl halides is 2. The first-order valence-corrected chi connectivity index (χ1v) is 6.06. The third kappa shape index (κ3) is 3.17. The lowest BCUT2D eigenvalue weighted by Crippen LogP contribution is -2.31. The second kappa shape index (κ2) is 5.48. The number of benzene rings is 1. The summed E-state index contributed by atoms with van der Waals surface area (Å²) >= 11 is 0. The zero-order valence-electron chi connectivity index (χ0n) is 10.2. The van der Waals surface area contributed by atoms with E-state index in [2.05, 4.69) is 5.32 Å². The van der Waals surface area contributed by atoms with Gasteiger partial charge in [-0.15, -0.1) is 0 Å². The molecule has 19 heavy (non-hydrogen) atoms. The van der Waals surface area contributed by atoms with Crippen molar-refractivity contribution in [2.24, 2.45) is 11.7 Å². The molecule has 0 heterocycles. The van der Waals surface area contributed by atoms with Crippen LogP contribution in [0.4, 0.5) is 20.2 Å². The maximum Gasteiger partial charge on any atom is 0.270 e. The number of hydrogen-bond donors (Lipinski definition) is 2. The molecule has 2 rings (SSSR count). The Kier molecular flexibility index (Phi) is 3.94. The van der Waals surface area contributed by atoms with Crippen LogP contribution >= 0.6 is 0 Å². The van der Waals surface area contributed by atoms with Crippen molar-refractivity contribution in [3.8, 4) is 0 Å².